The van der Waals surface area contributed by atoms with Crippen LogP contribution >= 0.6 is 0 Å². The molecule has 144 valence electrons. The average molecular weight is 375 g/mol. The van der Waals surface area contributed by atoms with Crippen LogP contribution in [0, 0.1) is 5.92 Å². The Labute approximate surface area is 148 Å². The van der Waals surface area contributed by atoms with Crippen LogP contribution in [0.3, 0.4) is 0 Å². The second-order valence-corrected chi connectivity index (χ2v) is 5.57. The number of hydrogen-bond donors (Lipinski definition) is 1. The zero-order chi connectivity index (χ0) is 19.9. The van der Waals surface area contributed by atoms with Crippen molar-refractivity contribution >= 4 is 17.8 Å². The molecular weight excluding hydrogens is 355 g/mol. The molecule has 1 amide bonds. The molecule has 0 spiro atoms. The second-order valence-electron chi connectivity index (χ2n) is 5.57. The van der Waals surface area contributed by atoms with Crippen LogP contribution in [-0.4, -0.2) is 37.6 Å². The summed E-state index contributed by atoms with van der Waals surface area (Å²) >= 11 is 0. The van der Waals surface area contributed by atoms with Gasteiger partial charge in [0, 0.05) is 0 Å². The second kappa shape index (κ2) is 9.21. The lowest BCUT2D eigenvalue weighted by molar-refractivity contribution is -0.147. The molecule has 2 unspecified atom stereocenters. The molecule has 0 aliphatic carbocycles. The molecule has 0 aliphatic rings. The van der Waals surface area contributed by atoms with Gasteiger partial charge in [0.2, 0.25) is 0 Å². The van der Waals surface area contributed by atoms with E-state index in [-0.39, 0.29) is 5.92 Å². The highest BCUT2D eigenvalue weighted by Crippen LogP contribution is 2.32. The summed E-state index contributed by atoms with van der Waals surface area (Å²) in [6.45, 7) is 2.70. The molecular formula is C17H20F3NO5. The SMILES string of the molecule is CCC(C)C(NC(=O)COC(=O)c1ccccc1C(F)(F)F)C(=O)OC. The van der Waals surface area contributed by atoms with Gasteiger partial charge in [0.05, 0.1) is 18.2 Å². The van der Waals surface area contributed by atoms with Gasteiger partial charge in [-0.3, -0.25) is 4.79 Å². The van der Waals surface area contributed by atoms with Crippen LogP contribution in [0.25, 0.3) is 0 Å². The first-order valence-corrected chi connectivity index (χ1v) is 7.82. The molecule has 0 radical (unpaired) electrons. The van der Waals surface area contributed by atoms with Crippen molar-refractivity contribution < 1.29 is 37.0 Å². The minimum absolute atomic E-state index is 0.243. The number of hydrogen-bond acceptors (Lipinski definition) is 5. The van der Waals surface area contributed by atoms with Gasteiger partial charge in [0.15, 0.2) is 6.61 Å². The average Bonchev–Trinajstić information content (AvgIpc) is 2.62. The fourth-order valence-corrected chi connectivity index (χ4v) is 2.13. The molecule has 0 fully saturated rings. The van der Waals surface area contributed by atoms with Crippen molar-refractivity contribution in [3.05, 3.63) is 35.4 Å². The molecule has 1 rings (SSSR count). The fourth-order valence-electron chi connectivity index (χ4n) is 2.13. The van der Waals surface area contributed by atoms with Gasteiger partial charge in [-0.25, -0.2) is 9.59 Å². The molecule has 0 bridgehead atoms. The smallest absolute Gasteiger partial charge is 0.417 e. The van der Waals surface area contributed by atoms with Crippen molar-refractivity contribution in [3.8, 4) is 0 Å². The van der Waals surface area contributed by atoms with E-state index in [2.05, 4.69) is 14.8 Å². The standard InChI is InChI=1S/C17H20F3NO5/c1-4-10(2)14(16(24)25-3)21-13(22)9-26-15(23)11-7-5-6-8-12(11)17(18,19)20/h5-8,10,14H,4,9H2,1-3H3,(H,21,22). The third kappa shape index (κ3) is 5.75. The Hall–Kier alpha value is -2.58. The third-order valence-corrected chi connectivity index (χ3v) is 3.77. The first-order chi connectivity index (χ1) is 12.1. The number of carbonyl (C=O) groups is 3. The maximum Gasteiger partial charge on any atom is 0.417 e. The number of alkyl halides is 3. The largest absolute Gasteiger partial charge is 0.467 e. The lowest BCUT2D eigenvalue weighted by Crippen LogP contribution is -2.47. The van der Waals surface area contributed by atoms with Crippen LogP contribution in [0.2, 0.25) is 0 Å². The number of esters is 2. The Morgan fingerprint density at radius 2 is 1.81 bits per heavy atom. The van der Waals surface area contributed by atoms with E-state index in [4.69, 9.17) is 0 Å². The number of nitrogens with one attached hydrogen (secondary N) is 1. The predicted molar refractivity (Wildman–Crippen MR) is 85.1 cm³/mol. The number of carbonyl (C=O) groups excluding carboxylic acids is 3. The Morgan fingerprint density at radius 1 is 1.19 bits per heavy atom. The highest BCUT2D eigenvalue weighted by Gasteiger charge is 2.35. The monoisotopic (exact) mass is 375 g/mol. The highest BCUT2D eigenvalue weighted by atomic mass is 19.4. The van der Waals surface area contributed by atoms with E-state index in [1.807, 2.05) is 0 Å². The van der Waals surface area contributed by atoms with Crippen molar-refractivity contribution in [1.29, 1.82) is 0 Å². The maximum absolute atomic E-state index is 12.9. The normalized spacial score (nSPS) is 13.5. The molecule has 0 heterocycles. The molecule has 0 aromatic heterocycles. The van der Waals surface area contributed by atoms with Crippen molar-refractivity contribution in [2.45, 2.75) is 32.5 Å². The van der Waals surface area contributed by atoms with Gasteiger partial charge in [0.25, 0.3) is 5.91 Å². The minimum Gasteiger partial charge on any atom is -0.467 e. The zero-order valence-electron chi connectivity index (χ0n) is 14.6. The van der Waals surface area contributed by atoms with Crippen LogP contribution in [0.15, 0.2) is 24.3 Å². The Morgan fingerprint density at radius 3 is 2.35 bits per heavy atom. The molecule has 0 aliphatic heterocycles. The number of methoxy groups -OCH3 is 1. The van der Waals surface area contributed by atoms with E-state index in [9.17, 15) is 27.6 Å². The maximum atomic E-state index is 12.9. The third-order valence-electron chi connectivity index (χ3n) is 3.77. The number of benzene rings is 1. The van der Waals surface area contributed by atoms with Crippen molar-refractivity contribution in [3.63, 3.8) is 0 Å². The van der Waals surface area contributed by atoms with Crippen LogP contribution in [0.5, 0.6) is 0 Å². The van der Waals surface area contributed by atoms with Gasteiger partial charge in [-0.2, -0.15) is 13.2 Å². The quantitative estimate of drug-likeness (QED) is 0.741. The van der Waals surface area contributed by atoms with E-state index in [1.54, 1.807) is 13.8 Å². The Bertz CT molecular complexity index is 660. The number of halogens is 3. The summed E-state index contributed by atoms with van der Waals surface area (Å²) in [5, 5.41) is 2.36. The molecule has 2 atom stereocenters. The predicted octanol–water partition coefficient (Wildman–Crippen LogP) is 2.57. The lowest BCUT2D eigenvalue weighted by Gasteiger charge is -2.21. The summed E-state index contributed by atoms with van der Waals surface area (Å²) in [7, 11) is 1.16. The minimum atomic E-state index is -4.73. The Balaban J connectivity index is 2.76. The van der Waals surface area contributed by atoms with E-state index < -0.39 is 47.8 Å². The van der Waals surface area contributed by atoms with Crippen LogP contribution in [0.4, 0.5) is 13.2 Å². The van der Waals surface area contributed by atoms with Gasteiger partial charge in [-0.1, -0.05) is 32.4 Å². The molecule has 1 N–H and O–H groups in total. The summed E-state index contributed by atoms with van der Waals surface area (Å²) in [5.41, 5.74) is -1.85. The summed E-state index contributed by atoms with van der Waals surface area (Å²) in [6, 6.07) is 3.15. The molecule has 26 heavy (non-hydrogen) atoms. The first-order valence-electron chi connectivity index (χ1n) is 7.82. The van der Waals surface area contributed by atoms with E-state index in [0.717, 1.165) is 25.3 Å². The summed E-state index contributed by atoms with van der Waals surface area (Å²) in [6.07, 6.45) is -4.16. The molecule has 9 heteroatoms. The van der Waals surface area contributed by atoms with Crippen molar-refractivity contribution in [1.82, 2.24) is 5.32 Å². The van der Waals surface area contributed by atoms with Gasteiger partial charge < -0.3 is 14.8 Å². The van der Waals surface area contributed by atoms with Gasteiger partial charge in [-0.05, 0) is 18.1 Å². The Kier molecular flexibility index (Phi) is 7.60. The number of rotatable bonds is 7. The van der Waals surface area contributed by atoms with Crippen molar-refractivity contribution in [2.75, 3.05) is 13.7 Å². The summed E-state index contributed by atoms with van der Waals surface area (Å²) in [5.74, 6) is -3.01. The molecule has 1 aromatic carbocycles. The lowest BCUT2D eigenvalue weighted by atomic mass is 9.99. The van der Waals surface area contributed by atoms with Crippen LogP contribution in [-0.2, 0) is 25.2 Å². The molecule has 0 saturated heterocycles. The first kappa shape index (κ1) is 21.5. The highest BCUT2D eigenvalue weighted by molar-refractivity contribution is 5.93. The van der Waals surface area contributed by atoms with E-state index in [1.165, 1.54) is 6.07 Å². The van der Waals surface area contributed by atoms with E-state index >= 15 is 0 Å². The van der Waals surface area contributed by atoms with Gasteiger partial charge in [0.1, 0.15) is 6.04 Å². The molecule has 0 saturated carbocycles. The van der Waals surface area contributed by atoms with E-state index in [0.29, 0.717) is 6.42 Å². The fraction of sp³-hybridized carbons (Fsp3) is 0.471. The van der Waals surface area contributed by atoms with Gasteiger partial charge >= 0.3 is 18.1 Å². The van der Waals surface area contributed by atoms with Gasteiger partial charge in [-0.15, -0.1) is 0 Å². The van der Waals surface area contributed by atoms with Crippen molar-refractivity contribution in [2.24, 2.45) is 5.92 Å². The topological polar surface area (TPSA) is 81.7 Å². The van der Waals surface area contributed by atoms with Crippen LogP contribution < -0.4 is 5.32 Å². The molecule has 6 nitrogen and oxygen atoms in total. The van der Waals surface area contributed by atoms with Crippen LogP contribution in [0.1, 0.15) is 36.2 Å². The zero-order valence-corrected chi connectivity index (χ0v) is 14.6. The number of ether oxygens (including phenoxy) is 2. The summed E-state index contributed by atoms with van der Waals surface area (Å²) in [4.78, 5) is 35.5. The summed E-state index contributed by atoms with van der Waals surface area (Å²) < 4.78 is 47.9. The molecule has 1 aromatic rings. The number of amides is 1.